The zero-order valence-corrected chi connectivity index (χ0v) is 13.6. The first-order valence-electron chi connectivity index (χ1n) is 8.48. The van der Waals surface area contributed by atoms with Gasteiger partial charge in [-0.05, 0) is 77.8 Å². The van der Waals surface area contributed by atoms with Crippen LogP contribution in [0.2, 0.25) is 0 Å². The molecule has 4 aliphatic rings. The summed E-state index contributed by atoms with van der Waals surface area (Å²) in [5, 5.41) is 31.6. The first-order chi connectivity index (χ1) is 10.9. The van der Waals surface area contributed by atoms with E-state index in [9.17, 15) is 15.3 Å². The summed E-state index contributed by atoms with van der Waals surface area (Å²) in [6.45, 7) is 4.26. The lowest BCUT2D eigenvalue weighted by Gasteiger charge is -2.55. The monoisotopic (exact) mass is 310 g/mol. The lowest BCUT2D eigenvalue weighted by Crippen LogP contribution is -2.48. The normalized spacial score (nSPS) is 42.8. The first kappa shape index (κ1) is 13.7. The molecule has 1 aromatic rings. The van der Waals surface area contributed by atoms with E-state index < -0.39 is 11.5 Å². The molecule has 0 radical (unpaired) electrons. The topological polar surface area (TPSA) is 60.7 Å². The third-order valence-electron chi connectivity index (χ3n) is 7.63. The highest BCUT2D eigenvalue weighted by molar-refractivity contribution is 5.63. The summed E-state index contributed by atoms with van der Waals surface area (Å²) in [6, 6.07) is 3.79. The summed E-state index contributed by atoms with van der Waals surface area (Å²) in [4.78, 5) is 0. The molecule has 2 spiro atoms. The van der Waals surface area contributed by atoms with Crippen molar-refractivity contribution < 1.29 is 15.3 Å². The Morgan fingerprint density at radius 1 is 1.13 bits per heavy atom. The molecule has 5 rings (SSSR count). The van der Waals surface area contributed by atoms with E-state index in [1.54, 1.807) is 12.1 Å². The van der Waals surface area contributed by atoms with Gasteiger partial charge in [-0.2, -0.15) is 0 Å². The van der Waals surface area contributed by atoms with Gasteiger partial charge in [0.15, 0.2) is 0 Å². The third kappa shape index (κ3) is 1.19. The molecule has 0 saturated heterocycles. The summed E-state index contributed by atoms with van der Waals surface area (Å²) in [7, 11) is 0. The van der Waals surface area contributed by atoms with Crippen molar-refractivity contribution in [1.82, 2.24) is 0 Å². The van der Waals surface area contributed by atoms with E-state index in [-0.39, 0.29) is 22.3 Å². The fraction of sp³-hybridized carbons (Fsp3) is 0.500. The fourth-order valence-corrected chi connectivity index (χ4v) is 6.36. The number of allylic oxidation sites excluding steroid dienone is 2. The molecule has 1 aromatic carbocycles. The number of benzene rings is 1. The molecule has 2 fully saturated rings. The number of hydrogen-bond acceptors (Lipinski definition) is 3. The number of aromatic hydroxyl groups is 1. The number of rotatable bonds is 0. The number of aliphatic hydroxyl groups excluding tert-OH is 2. The van der Waals surface area contributed by atoms with Crippen LogP contribution in [-0.2, 0) is 11.8 Å². The van der Waals surface area contributed by atoms with Crippen LogP contribution in [0.4, 0.5) is 0 Å². The minimum Gasteiger partial charge on any atom is -0.510 e. The Bertz CT molecular complexity index is 820. The van der Waals surface area contributed by atoms with Crippen molar-refractivity contribution in [1.29, 1.82) is 0 Å². The van der Waals surface area contributed by atoms with Gasteiger partial charge in [0.25, 0.3) is 0 Å². The highest BCUT2D eigenvalue weighted by atomic mass is 16.3. The van der Waals surface area contributed by atoms with Crippen LogP contribution in [0.1, 0.15) is 42.9 Å². The van der Waals surface area contributed by atoms with Gasteiger partial charge in [0.05, 0.1) is 5.41 Å². The molecule has 2 bridgehead atoms. The van der Waals surface area contributed by atoms with Crippen LogP contribution in [0, 0.1) is 17.8 Å². The average molecular weight is 310 g/mol. The third-order valence-corrected chi connectivity index (χ3v) is 7.63. The Kier molecular flexibility index (Phi) is 2.18. The molecule has 3 N–H and O–H groups in total. The maximum absolute atomic E-state index is 11.0. The van der Waals surface area contributed by atoms with Crippen molar-refractivity contribution in [2.24, 2.45) is 10.8 Å². The number of fused-ring (bicyclic) bond motifs is 2. The summed E-state index contributed by atoms with van der Waals surface area (Å²) in [6.07, 6.45) is 6.99. The molecule has 3 unspecified atom stereocenters. The highest BCUT2D eigenvalue weighted by Crippen LogP contribution is 2.79. The van der Waals surface area contributed by atoms with E-state index in [2.05, 4.69) is 6.92 Å². The van der Waals surface area contributed by atoms with Crippen LogP contribution >= 0.6 is 0 Å². The van der Waals surface area contributed by atoms with Gasteiger partial charge in [-0.15, -0.1) is 0 Å². The van der Waals surface area contributed by atoms with Gasteiger partial charge >= 0.3 is 0 Å². The molecular formula is C20H22O3. The van der Waals surface area contributed by atoms with Gasteiger partial charge in [0, 0.05) is 0 Å². The Balaban J connectivity index is 1.90. The summed E-state index contributed by atoms with van der Waals surface area (Å²) in [5.41, 5.74) is 4.10. The molecule has 0 aliphatic heterocycles. The second-order valence-corrected chi connectivity index (χ2v) is 8.26. The predicted molar refractivity (Wildman–Crippen MR) is 87.4 cm³/mol. The number of hydrogen-bond donors (Lipinski definition) is 3. The van der Waals surface area contributed by atoms with Gasteiger partial charge in [-0.1, -0.05) is 19.1 Å². The van der Waals surface area contributed by atoms with Crippen LogP contribution in [0.15, 0.2) is 35.6 Å². The average Bonchev–Trinajstić information content (AvgIpc) is 2.64. The van der Waals surface area contributed by atoms with Gasteiger partial charge in [-0.3, -0.25) is 0 Å². The minimum atomic E-state index is -0.915. The number of aliphatic hydroxyl groups is 2. The molecule has 0 heterocycles. The maximum Gasteiger partial charge on any atom is 0.124 e. The van der Waals surface area contributed by atoms with Crippen molar-refractivity contribution in [2.75, 3.05) is 0 Å². The van der Waals surface area contributed by atoms with Crippen molar-refractivity contribution in [3.8, 4) is 5.75 Å². The van der Waals surface area contributed by atoms with E-state index in [1.807, 2.05) is 19.1 Å². The lowest BCUT2D eigenvalue weighted by molar-refractivity contribution is -0.0192. The minimum absolute atomic E-state index is 0.0457. The number of phenolic OH excluding ortho intramolecular Hbond substituents is 1. The molecule has 0 aromatic heterocycles. The standard InChI is InChI=1S/C20H22O3/c1-11-13(21)4-3-12-9-19-8-7-18(19,2)15-6-5-14(22)17(23)20(15,10-19)16(11)12/h3-6,17,21-23H,7-10H2,1-2H3/t17?,18-,19?,20?/m0/s1. The predicted octanol–water partition coefficient (Wildman–Crippen LogP) is 3.43. The van der Waals surface area contributed by atoms with Crippen molar-refractivity contribution in [2.45, 2.75) is 51.0 Å². The van der Waals surface area contributed by atoms with E-state index in [4.69, 9.17) is 0 Å². The van der Waals surface area contributed by atoms with Crippen molar-refractivity contribution in [3.05, 3.63) is 52.3 Å². The van der Waals surface area contributed by atoms with Crippen LogP contribution < -0.4 is 0 Å². The molecule has 2 saturated carbocycles. The lowest BCUT2D eigenvalue weighted by atomic mass is 9.49. The van der Waals surface area contributed by atoms with Gasteiger partial charge in [0.1, 0.15) is 17.6 Å². The van der Waals surface area contributed by atoms with Crippen LogP contribution in [0.25, 0.3) is 0 Å². The van der Waals surface area contributed by atoms with Gasteiger partial charge < -0.3 is 15.3 Å². The molecule has 4 atom stereocenters. The van der Waals surface area contributed by atoms with E-state index in [1.165, 1.54) is 17.6 Å². The summed E-state index contributed by atoms with van der Waals surface area (Å²) in [5.74, 6) is 0.323. The SMILES string of the molecule is Cc1c(O)ccc2c1C13CC4(CC[C@@]4(C)C1=CC=C(O)C3O)C2. The van der Waals surface area contributed by atoms with E-state index in [0.29, 0.717) is 0 Å². The summed E-state index contributed by atoms with van der Waals surface area (Å²) >= 11 is 0. The first-order valence-corrected chi connectivity index (χ1v) is 8.48. The maximum atomic E-state index is 11.0. The molecule has 0 amide bonds. The molecular weight excluding hydrogens is 288 g/mol. The second kappa shape index (κ2) is 3.67. The zero-order chi connectivity index (χ0) is 16.2. The summed E-state index contributed by atoms with van der Waals surface area (Å²) < 4.78 is 0. The van der Waals surface area contributed by atoms with Crippen LogP contribution in [0.5, 0.6) is 5.75 Å². The Labute approximate surface area is 136 Å². The Hall–Kier alpha value is -1.74. The molecule has 4 aliphatic carbocycles. The van der Waals surface area contributed by atoms with Crippen molar-refractivity contribution in [3.63, 3.8) is 0 Å². The highest BCUT2D eigenvalue weighted by Gasteiger charge is 2.74. The Morgan fingerprint density at radius 3 is 2.61 bits per heavy atom. The van der Waals surface area contributed by atoms with E-state index in [0.717, 1.165) is 30.4 Å². The van der Waals surface area contributed by atoms with Crippen LogP contribution in [0.3, 0.4) is 0 Å². The van der Waals surface area contributed by atoms with Crippen molar-refractivity contribution >= 4 is 0 Å². The van der Waals surface area contributed by atoms with Crippen LogP contribution in [-0.4, -0.2) is 21.4 Å². The van der Waals surface area contributed by atoms with Gasteiger partial charge in [-0.25, -0.2) is 0 Å². The molecule has 120 valence electrons. The second-order valence-electron chi connectivity index (χ2n) is 8.26. The fourth-order valence-electron chi connectivity index (χ4n) is 6.36. The molecule has 23 heavy (non-hydrogen) atoms. The zero-order valence-electron chi connectivity index (χ0n) is 13.6. The smallest absolute Gasteiger partial charge is 0.124 e. The number of phenols is 1. The Morgan fingerprint density at radius 2 is 1.91 bits per heavy atom. The molecule has 3 heteroatoms. The van der Waals surface area contributed by atoms with Gasteiger partial charge in [0.2, 0.25) is 0 Å². The van der Waals surface area contributed by atoms with E-state index >= 15 is 0 Å². The molecule has 3 nitrogen and oxygen atoms in total. The quantitative estimate of drug-likeness (QED) is 0.688. The largest absolute Gasteiger partial charge is 0.510 e.